The fourth-order valence-corrected chi connectivity index (χ4v) is 4.85. The summed E-state index contributed by atoms with van der Waals surface area (Å²) in [6, 6.07) is 18.6. The molecule has 3 aromatic carbocycles. The first-order valence-corrected chi connectivity index (χ1v) is 10.4. The normalized spacial score (nSPS) is 17.4. The zero-order valence-corrected chi connectivity index (χ0v) is 17.0. The maximum Gasteiger partial charge on any atom is 0.196 e. The third kappa shape index (κ3) is 2.77. The van der Waals surface area contributed by atoms with Crippen LogP contribution in [0.3, 0.4) is 0 Å². The molecule has 1 unspecified atom stereocenters. The molecule has 0 amide bonds. The van der Waals surface area contributed by atoms with E-state index in [2.05, 4.69) is 0 Å². The minimum atomic E-state index is -1.70. The summed E-state index contributed by atoms with van der Waals surface area (Å²) in [5.41, 5.74) is 1.11. The van der Waals surface area contributed by atoms with Crippen LogP contribution >= 0.6 is 0 Å². The van der Waals surface area contributed by atoms with Gasteiger partial charge in [-0.3, -0.25) is 4.79 Å². The molecule has 0 bridgehead atoms. The minimum absolute atomic E-state index is 0.0693. The Balaban J connectivity index is 1.98. The van der Waals surface area contributed by atoms with Crippen molar-refractivity contribution in [3.63, 3.8) is 0 Å². The summed E-state index contributed by atoms with van der Waals surface area (Å²) in [5.74, 6) is -2.07. The fourth-order valence-electron chi connectivity index (χ4n) is 4.85. The number of hydrogen-bond acceptors (Lipinski definition) is 2. The molecule has 5 rings (SSSR count). The van der Waals surface area contributed by atoms with Gasteiger partial charge in [0.15, 0.2) is 17.1 Å². The van der Waals surface area contributed by atoms with Gasteiger partial charge in [-0.25, -0.2) is 8.78 Å². The molecule has 3 nitrogen and oxygen atoms in total. The van der Waals surface area contributed by atoms with E-state index in [4.69, 9.17) is 0 Å². The first-order chi connectivity index (χ1) is 15.0. The summed E-state index contributed by atoms with van der Waals surface area (Å²) in [4.78, 5) is 13.7. The Kier molecular flexibility index (Phi) is 4.52. The monoisotopic (exact) mass is 417 g/mol. The lowest BCUT2D eigenvalue weighted by molar-refractivity contribution is 0.119. The van der Waals surface area contributed by atoms with Gasteiger partial charge in [0, 0.05) is 30.1 Å². The molecule has 1 aliphatic carbocycles. The summed E-state index contributed by atoms with van der Waals surface area (Å²) in [5, 5.41) is 12.3. The Bertz CT molecular complexity index is 1380. The molecule has 0 spiro atoms. The highest BCUT2D eigenvalue weighted by Crippen LogP contribution is 2.43. The average Bonchev–Trinajstić information content (AvgIpc) is 2.78. The highest BCUT2D eigenvalue weighted by molar-refractivity contribution is 5.82. The number of benzene rings is 3. The number of halogens is 2. The lowest BCUT2D eigenvalue weighted by Gasteiger charge is -2.38. The van der Waals surface area contributed by atoms with E-state index in [0.29, 0.717) is 35.3 Å². The van der Waals surface area contributed by atoms with Crippen molar-refractivity contribution in [2.45, 2.75) is 31.9 Å². The van der Waals surface area contributed by atoms with Crippen LogP contribution in [0.4, 0.5) is 8.78 Å². The molecule has 0 saturated carbocycles. The molecule has 0 aliphatic heterocycles. The molecule has 1 aromatic heterocycles. The third-order valence-corrected chi connectivity index (χ3v) is 6.18. The Hall–Kier alpha value is -3.31. The van der Waals surface area contributed by atoms with Gasteiger partial charge in [-0.15, -0.1) is 0 Å². The van der Waals surface area contributed by atoms with E-state index in [1.807, 2.05) is 54.0 Å². The molecular formula is C26H21F2NO2. The van der Waals surface area contributed by atoms with Crippen LogP contribution in [-0.2, 0) is 18.6 Å². The van der Waals surface area contributed by atoms with Crippen molar-refractivity contribution in [1.29, 1.82) is 0 Å². The zero-order chi connectivity index (χ0) is 21.8. The van der Waals surface area contributed by atoms with Crippen LogP contribution in [0.15, 0.2) is 71.5 Å². The molecule has 1 aliphatic rings. The lowest BCUT2D eigenvalue weighted by Crippen LogP contribution is -2.41. The van der Waals surface area contributed by atoms with Gasteiger partial charge in [0.25, 0.3) is 0 Å². The topological polar surface area (TPSA) is 42.2 Å². The van der Waals surface area contributed by atoms with Gasteiger partial charge in [0.05, 0.1) is 11.1 Å². The van der Waals surface area contributed by atoms with Crippen molar-refractivity contribution in [3.8, 4) is 0 Å². The van der Waals surface area contributed by atoms with Crippen molar-refractivity contribution in [1.82, 2.24) is 4.57 Å². The van der Waals surface area contributed by atoms with E-state index >= 15 is 0 Å². The first-order valence-electron chi connectivity index (χ1n) is 10.4. The Morgan fingerprint density at radius 3 is 2.42 bits per heavy atom. The maximum absolute atomic E-state index is 14.1. The number of hydrogen-bond donors (Lipinski definition) is 1. The van der Waals surface area contributed by atoms with Crippen molar-refractivity contribution >= 4 is 10.9 Å². The molecular weight excluding hydrogens is 396 g/mol. The second-order valence-corrected chi connectivity index (χ2v) is 8.00. The maximum atomic E-state index is 14.1. The molecule has 31 heavy (non-hydrogen) atoms. The molecule has 0 saturated heterocycles. The van der Waals surface area contributed by atoms with Crippen molar-refractivity contribution in [3.05, 3.63) is 117 Å². The van der Waals surface area contributed by atoms with E-state index in [-0.39, 0.29) is 10.9 Å². The van der Waals surface area contributed by atoms with Crippen LogP contribution in [0.2, 0.25) is 0 Å². The SMILES string of the molecule is CCCn1c2c(c(=O)c3cc(F)c(F)cc31)C(O)(c1ccccc1)c1ccccc1C2. The van der Waals surface area contributed by atoms with Crippen molar-refractivity contribution in [2.75, 3.05) is 0 Å². The fraction of sp³-hybridized carbons (Fsp3) is 0.192. The van der Waals surface area contributed by atoms with Crippen molar-refractivity contribution in [2.24, 2.45) is 0 Å². The molecule has 5 heteroatoms. The van der Waals surface area contributed by atoms with Crippen LogP contribution in [0.5, 0.6) is 0 Å². The summed E-state index contributed by atoms with van der Waals surface area (Å²) < 4.78 is 30.2. The van der Waals surface area contributed by atoms with Crippen LogP contribution in [-0.4, -0.2) is 9.67 Å². The Morgan fingerprint density at radius 1 is 1.00 bits per heavy atom. The van der Waals surface area contributed by atoms with Gasteiger partial charge in [0.2, 0.25) is 0 Å². The minimum Gasteiger partial charge on any atom is -0.376 e. The largest absolute Gasteiger partial charge is 0.376 e. The van der Waals surface area contributed by atoms with E-state index in [0.717, 1.165) is 24.1 Å². The van der Waals surface area contributed by atoms with Crippen LogP contribution in [0, 0.1) is 11.6 Å². The first kappa shape index (κ1) is 19.6. The van der Waals surface area contributed by atoms with Crippen LogP contribution < -0.4 is 5.43 Å². The summed E-state index contributed by atoms with van der Waals surface area (Å²) in [6.07, 6.45) is 1.15. The van der Waals surface area contributed by atoms with E-state index in [1.165, 1.54) is 0 Å². The van der Waals surface area contributed by atoms with Gasteiger partial charge in [-0.05, 0) is 29.2 Å². The summed E-state index contributed by atoms with van der Waals surface area (Å²) >= 11 is 0. The van der Waals surface area contributed by atoms with E-state index in [9.17, 15) is 18.7 Å². The lowest BCUT2D eigenvalue weighted by atomic mass is 9.72. The third-order valence-electron chi connectivity index (χ3n) is 6.18. The quantitative estimate of drug-likeness (QED) is 0.516. The molecule has 156 valence electrons. The van der Waals surface area contributed by atoms with E-state index < -0.39 is 22.7 Å². The van der Waals surface area contributed by atoms with E-state index in [1.54, 1.807) is 12.1 Å². The predicted octanol–water partition coefficient (Wildman–Crippen LogP) is 4.88. The average molecular weight is 417 g/mol. The number of fused-ring (bicyclic) bond motifs is 3. The molecule has 0 fully saturated rings. The highest BCUT2D eigenvalue weighted by Gasteiger charge is 2.44. The van der Waals surface area contributed by atoms with Gasteiger partial charge in [-0.2, -0.15) is 0 Å². The summed E-state index contributed by atoms with van der Waals surface area (Å²) in [7, 11) is 0. The van der Waals surface area contributed by atoms with Crippen LogP contribution in [0.25, 0.3) is 10.9 Å². The summed E-state index contributed by atoms with van der Waals surface area (Å²) in [6.45, 7) is 2.49. The second-order valence-electron chi connectivity index (χ2n) is 8.00. The number of aliphatic hydroxyl groups is 1. The van der Waals surface area contributed by atoms with Crippen LogP contribution in [0.1, 0.15) is 41.3 Å². The van der Waals surface area contributed by atoms with Gasteiger partial charge in [0.1, 0.15) is 5.60 Å². The smallest absolute Gasteiger partial charge is 0.196 e. The molecule has 1 heterocycles. The number of rotatable bonds is 3. The van der Waals surface area contributed by atoms with Gasteiger partial charge in [-0.1, -0.05) is 61.5 Å². The standard InChI is InChI=1S/C26H21F2NO2/c1-2-12-29-22-15-21(28)20(27)14-18(22)25(30)24-23(29)13-16-8-6-7-11-19(16)26(24,31)17-9-4-3-5-10-17/h3-11,14-15,31H,2,12-13H2,1H3. The second kappa shape index (κ2) is 7.13. The zero-order valence-electron chi connectivity index (χ0n) is 17.0. The molecule has 1 atom stereocenters. The number of aromatic nitrogens is 1. The number of nitrogens with zero attached hydrogens (tertiary/aromatic N) is 1. The van der Waals surface area contributed by atoms with Gasteiger partial charge >= 0.3 is 0 Å². The highest BCUT2D eigenvalue weighted by atomic mass is 19.2. The molecule has 0 radical (unpaired) electrons. The Morgan fingerprint density at radius 2 is 1.68 bits per heavy atom. The van der Waals surface area contributed by atoms with Crippen molar-refractivity contribution < 1.29 is 13.9 Å². The van der Waals surface area contributed by atoms with Gasteiger partial charge < -0.3 is 9.67 Å². The predicted molar refractivity (Wildman–Crippen MR) is 116 cm³/mol. The Labute approximate surface area is 178 Å². The molecule has 1 N–H and O–H groups in total. The number of aryl methyl sites for hydroxylation is 1. The molecule has 4 aromatic rings. The number of pyridine rings is 1.